The van der Waals surface area contributed by atoms with Crippen LogP contribution in [0, 0.1) is 0 Å². The average molecular weight is 330 g/mol. The van der Waals surface area contributed by atoms with E-state index in [1.807, 2.05) is 6.92 Å². The Balaban J connectivity index is 2.15. The molecule has 1 aromatic carbocycles. The van der Waals surface area contributed by atoms with Gasteiger partial charge in [0.1, 0.15) is 5.69 Å². The van der Waals surface area contributed by atoms with E-state index in [4.69, 9.17) is 34.8 Å². The number of hydrogen-bond donors (Lipinski definition) is 1. The van der Waals surface area contributed by atoms with Crippen molar-refractivity contribution in [3.05, 3.63) is 62.9 Å². The van der Waals surface area contributed by atoms with E-state index in [1.165, 1.54) is 12.3 Å². The number of benzene rings is 1. The van der Waals surface area contributed by atoms with Crippen LogP contribution in [0.5, 0.6) is 0 Å². The van der Waals surface area contributed by atoms with Crippen molar-refractivity contribution in [3.8, 4) is 0 Å². The van der Waals surface area contributed by atoms with Crippen molar-refractivity contribution in [2.24, 2.45) is 0 Å². The third kappa shape index (κ3) is 3.63. The second-order valence-corrected chi connectivity index (χ2v) is 5.50. The van der Waals surface area contributed by atoms with Gasteiger partial charge in [-0.05, 0) is 36.8 Å². The molecule has 0 saturated carbocycles. The minimum Gasteiger partial charge on any atom is -0.344 e. The van der Waals surface area contributed by atoms with Crippen LogP contribution in [-0.2, 0) is 0 Å². The Morgan fingerprint density at radius 1 is 1.15 bits per heavy atom. The van der Waals surface area contributed by atoms with Crippen molar-refractivity contribution in [2.75, 3.05) is 0 Å². The van der Waals surface area contributed by atoms with E-state index < -0.39 is 0 Å². The zero-order valence-electron chi connectivity index (χ0n) is 10.5. The lowest BCUT2D eigenvalue weighted by Crippen LogP contribution is -2.27. The monoisotopic (exact) mass is 328 g/mol. The molecule has 2 rings (SSSR count). The van der Waals surface area contributed by atoms with Gasteiger partial charge in [-0.15, -0.1) is 0 Å². The molecular weight excluding hydrogens is 319 g/mol. The first-order valence-electron chi connectivity index (χ1n) is 5.84. The molecule has 104 valence electrons. The van der Waals surface area contributed by atoms with Crippen LogP contribution in [0.3, 0.4) is 0 Å². The van der Waals surface area contributed by atoms with Gasteiger partial charge in [0.15, 0.2) is 0 Å². The van der Waals surface area contributed by atoms with Gasteiger partial charge in [0.05, 0.1) is 6.04 Å². The van der Waals surface area contributed by atoms with Crippen LogP contribution < -0.4 is 5.32 Å². The molecule has 0 aliphatic carbocycles. The highest BCUT2D eigenvalue weighted by Gasteiger charge is 2.15. The highest BCUT2D eigenvalue weighted by molar-refractivity contribution is 6.35. The Labute approximate surface area is 131 Å². The van der Waals surface area contributed by atoms with Crippen molar-refractivity contribution < 1.29 is 4.79 Å². The normalized spacial score (nSPS) is 12.0. The zero-order chi connectivity index (χ0) is 14.7. The highest BCUT2D eigenvalue weighted by atomic mass is 35.5. The second-order valence-electron chi connectivity index (χ2n) is 4.22. The van der Waals surface area contributed by atoms with Crippen LogP contribution in [0.2, 0.25) is 15.1 Å². The standard InChI is InChI=1S/C14H11Cl3N2O/c1-8(11-3-2-9(15)6-12(11)17)19-14(20)13-7-10(16)4-5-18-13/h2-8H,1H3,(H,19,20). The van der Waals surface area contributed by atoms with E-state index >= 15 is 0 Å². The van der Waals surface area contributed by atoms with E-state index in [0.29, 0.717) is 15.1 Å². The van der Waals surface area contributed by atoms with Gasteiger partial charge in [-0.3, -0.25) is 9.78 Å². The molecule has 1 N–H and O–H groups in total. The van der Waals surface area contributed by atoms with Crippen molar-refractivity contribution in [3.63, 3.8) is 0 Å². The number of aromatic nitrogens is 1. The van der Waals surface area contributed by atoms with Crippen molar-refractivity contribution in [1.29, 1.82) is 0 Å². The highest BCUT2D eigenvalue weighted by Crippen LogP contribution is 2.26. The molecule has 0 bridgehead atoms. The molecule has 0 radical (unpaired) electrons. The Morgan fingerprint density at radius 3 is 2.50 bits per heavy atom. The Morgan fingerprint density at radius 2 is 1.85 bits per heavy atom. The number of pyridine rings is 1. The van der Waals surface area contributed by atoms with E-state index in [1.54, 1.807) is 24.3 Å². The molecule has 0 spiro atoms. The fourth-order valence-corrected chi connectivity index (χ4v) is 2.46. The molecule has 0 saturated heterocycles. The summed E-state index contributed by atoms with van der Waals surface area (Å²) in [4.78, 5) is 16.0. The Kier molecular flexibility index (Phi) is 4.86. The zero-order valence-corrected chi connectivity index (χ0v) is 12.8. The summed E-state index contributed by atoms with van der Waals surface area (Å²) in [5.41, 5.74) is 1.04. The van der Waals surface area contributed by atoms with Gasteiger partial charge in [-0.2, -0.15) is 0 Å². The van der Waals surface area contributed by atoms with Crippen LogP contribution in [0.1, 0.15) is 29.0 Å². The molecule has 0 aliphatic rings. The van der Waals surface area contributed by atoms with E-state index in [0.717, 1.165) is 5.56 Å². The van der Waals surface area contributed by atoms with E-state index in [2.05, 4.69) is 10.3 Å². The van der Waals surface area contributed by atoms with Crippen LogP contribution >= 0.6 is 34.8 Å². The molecular formula is C14H11Cl3N2O. The minimum atomic E-state index is -0.314. The molecule has 0 fully saturated rings. The van der Waals surface area contributed by atoms with Crippen molar-refractivity contribution >= 4 is 40.7 Å². The fraction of sp³-hybridized carbons (Fsp3) is 0.143. The van der Waals surface area contributed by atoms with Gasteiger partial charge in [0, 0.05) is 21.3 Å². The summed E-state index contributed by atoms with van der Waals surface area (Å²) >= 11 is 17.8. The number of halogens is 3. The number of nitrogens with one attached hydrogen (secondary N) is 1. The number of nitrogens with zero attached hydrogens (tertiary/aromatic N) is 1. The number of hydrogen-bond acceptors (Lipinski definition) is 2. The maximum absolute atomic E-state index is 12.1. The molecule has 20 heavy (non-hydrogen) atoms. The SMILES string of the molecule is CC(NC(=O)c1cc(Cl)ccn1)c1ccc(Cl)cc1Cl. The largest absolute Gasteiger partial charge is 0.344 e. The van der Waals surface area contributed by atoms with E-state index in [-0.39, 0.29) is 17.6 Å². The molecule has 1 amide bonds. The molecule has 6 heteroatoms. The lowest BCUT2D eigenvalue weighted by atomic mass is 10.1. The number of carbonyl (C=O) groups excluding carboxylic acids is 1. The first-order chi connectivity index (χ1) is 9.47. The summed E-state index contributed by atoms with van der Waals surface area (Å²) < 4.78 is 0. The quantitative estimate of drug-likeness (QED) is 0.898. The Bertz CT molecular complexity index is 646. The van der Waals surface area contributed by atoms with Crippen LogP contribution in [-0.4, -0.2) is 10.9 Å². The van der Waals surface area contributed by atoms with Gasteiger partial charge >= 0.3 is 0 Å². The van der Waals surface area contributed by atoms with Gasteiger partial charge in [0.2, 0.25) is 0 Å². The molecule has 1 unspecified atom stereocenters. The summed E-state index contributed by atoms with van der Waals surface area (Å²) in [6.07, 6.45) is 1.48. The van der Waals surface area contributed by atoms with Gasteiger partial charge < -0.3 is 5.32 Å². The van der Waals surface area contributed by atoms with Crippen molar-refractivity contribution in [1.82, 2.24) is 10.3 Å². The minimum absolute atomic E-state index is 0.259. The summed E-state index contributed by atoms with van der Waals surface area (Å²) in [6, 6.07) is 7.99. The van der Waals surface area contributed by atoms with Crippen molar-refractivity contribution in [2.45, 2.75) is 13.0 Å². The number of amides is 1. The third-order valence-electron chi connectivity index (χ3n) is 2.73. The fourth-order valence-electron chi connectivity index (χ4n) is 1.73. The maximum Gasteiger partial charge on any atom is 0.270 e. The first kappa shape index (κ1) is 15.1. The summed E-state index contributed by atoms with van der Waals surface area (Å²) in [5.74, 6) is -0.314. The van der Waals surface area contributed by atoms with Gasteiger partial charge in [-0.25, -0.2) is 0 Å². The molecule has 2 aromatic rings. The lowest BCUT2D eigenvalue weighted by Gasteiger charge is -2.15. The predicted octanol–water partition coefficient (Wildman–Crippen LogP) is 4.53. The molecule has 1 atom stereocenters. The molecule has 1 aromatic heterocycles. The lowest BCUT2D eigenvalue weighted by molar-refractivity contribution is 0.0935. The first-order valence-corrected chi connectivity index (χ1v) is 6.98. The maximum atomic E-state index is 12.1. The summed E-state index contributed by atoms with van der Waals surface area (Å²) in [7, 11) is 0. The molecule has 3 nitrogen and oxygen atoms in total. The smallest absolute Gasteiger partial charge is 0.270 e. The van der Waals surface area contributed by atoms with Crippen LogP contribution in [0.4, 0.5) is 0 Å². The number of carbonyl (C=O) groups is 1. The number of rotatable bonds is 3. The van der Waals surface area contributed by atoms with Crippen LogP contribution in [0.15, 0.2) is 36.5 Å². The van der Waals surface area contributed by atoms with Gasteiger partial charge in [-0.1, -0.05) is 40.9 Å². The van der Waals surface area contributed by atoms with E-state index in [9.17, 15) is 4.79 Å². The molecule has 1 heterocycles. The van der Waals surface area contributed by atoms with Crippen LogP contribution in [0.25, 0.3) is 0 Å². The second kappa shape index (κ2) is 6.44. The average Bonchev–Trinajstić information content (AvgIpc) is 2.38. The Hall–Kier alpha value is -1.29. The summed E-state index contributed by atoms with van der Waals surface area (Å²) in [5, 5.41) is 4.33. The summed E-state index contributed by atoms with van der Waals surface area (Å²) in [6.45, 7) is 1.83. The van der Waals surface area contributed by atoms with Gasteiger partial charge in [0.25, 0.3) is 5.91 Å². The topological polar surface area (TPSA) is 42.0 Å². The predicted molar refractivity (Wildman–Crippen MR) is 81.6 cm³/mol. The molecule has 0 aliphatic heterocycles. The third-order valence-corrected chi connectivity index (χ3v) is 3.53.